The monoisotopic (exact) mass is 336 g/mol. The van der Waals surface area contributed by atoms with Crippen LogP contribution in [0.5, 0.6) is 0 Å². The van der Waals surface area contributed by atoms with Crippen molar-refractivity contribution in [3.63, 3.8) is 0 Å². The van der Waals surface area contributed by atoms with E-state index in [1.807, 2.05) is 0 Å². The van der Waals surface area contributed by atoms with E-state index in [0.717, 1.165) is 12.1 Å². The summed E-state index contributed by atoms with van der Waals surface area (Å²) >= 11 is 3.11. The zero-order valence-electron chi connectivity index (χ0n) is 9.88. The molecule has 2 N–H and O–H groups in total. The first-order chi connectivity index (χ1) is 8.79. The van der Waals surface area contributed by atoms with Crippen LogP contribution in [0.4, 0.5) is 13.2 Å². The van der Waals surface area contributed by atoms with E-state index in [2.05, 4.69) is 15.9 Å². The predicted molar refractivity (Wildman–Crippen MR) is 67.6 cm³/mol. The Kier molecular flexibility index (Phi) is 3.87. The first kappa shape index (κ1) is 14.3. The van der Waals surface area contributed by atoms with Crippen LogP contribution >= 0.6 is 15.9 Å². The molecule has 0 unspecified atom stereocenters. The lowest BCUT2D eigenvalue weighted by molar-refractivity contribution is -0.137. The number of alkyl halides is 3. The fraction of sp³-hybridized carbons (Fsp3) is 0.417. The molecule has 1 fully saturated rings. The number of carbonyl (C=O) groups is 1. The van der Waals surface area contributed by atoms with Gasteiger partial charge in [-0.25, -0.2) is 0 Å². The molecule has 1 saturated heterocycles. The fourth-order valence-corrected chi connectivity index (χ4v) is 2.42. The van der Waals surface area contributed by atoms with Crippen molar-refractivity contribution in [3.05, 3.63) is 33.8 Å². The van der Waals surface area contributed by atoms with Crippen LogP contribution in [0.15, 0.2) is 22.7 Å². The second-order valence-corrected chi connectivity index (χ2v) is 5.35. The standard InChI is InChI=1S/C12H12BrF3N2O/c13-10-2-1-7(12(14,15)16)5-9(10)11(19)18-4-3-8(17)6-18/h1-2,5,8H,3-4,6,17H2/t8-/m1/s1. The molecule has 3 nitrogen and oxygen atoms in total. The number of carbonyl (C=O) groups excluding carboxylic acids is 1. The summed E-state index contributed by atoms with van der Waals surface area (Å²) in [4.78, 5) is 13.6. The van der Waals surface area contributed by atoms with E-state index in [0.29, 0.717) is 24.0 Å². The molecule has 1 aliphatic rings. The lowest BCUT2D eigenvalue weighted by Crippen LogP contribution is -2.32. The van der Waals surface area contributed by atoms with Crippen LogP contribution < -0.4 is 5.73 Å². The van der Waals surface area contributed by atoms with Crippen molar-refractivity contribution in [3.8, 4) is 0 Å². The molecule has 104 valence electrons. The van der Waals surface area contributed by atoms with E-state index in [4.69, 9.17) is 5.73 Å². The Hall–Kier alpha value is -1.08. The maximum absolute atomic E-state index is 12.6. The van der Waals surface area contributed by atoms with E-state index < -0.39 is 17.6 Å². The van der Waals surface area contributed by atoms with Crippen molar-refractivity contribution in [2.75, 3.05) is 13.1 Å². The van der Waals surface area contributed by atoms with Crippen molar-refractivity contribution in [1.29, 1.82) is 0 Å². The molecule has 1 atom stereocenters. The summed E-state index contributed by atoms with van der Waals surface area (Å²) in [6.07, 6.45) is -3.79. The molecular formula is C12H12BrF3N2O. The summed E-state index contributed by atoms with van der Waals surface area (Å²) in [6.45, 7) is 0.851. The Labute approximate surface area is 116 Å². The molecule has 0 saturated carbocycles. The highest BCUT2D eigenvalue weighted by atomic mass is 79.9. The number of nitrogens with zero attached hydrogens (tertiary/aromatic N) is 1. The Balaban J connectivity index is 2.31. The van der Waals surface area contributed by atoms with Crippen LogP contribution in [0.3, 0.4) is 0 Å². The van der Waals surface area contributed by atoms with Crippen molar-refractivity contribution < 1.29 is 18.0 Å². The van der Waals surface area contributed by atoms with Crippen LogP contribution in [0.2, 0.25) is 0 Å². The Morgan fingerprint density at radius 3 is 2.63 bits per heavy atom. The molecule has 1 amide bonds. The van der Waals surface area contributed by atoms with Gasteiger partial charge in [-0.1, -0.05) is 0 Å². The van der Waals surface area contributed by atoms with Gasteiger partial charge in [-0.3, -0.25) is 4.79 Å². The van der Waals surface area contributed by atoms with Crippen LogP contribution in [-0.4, -0.2) is 29.9 Å². The van der Waals surface area contributed by atoms with Crippen LogP contribution in [-0.2, 0) is 6.18 Å². The quantitative estimate of drug-likeness (QED) is 0.856. The van der Waals surface area contributed by atoms with Gasteiger partial charge >= 0.3 is 6.18 Å². The first-order valence-electron chi connectivity index (χ1n) is 5.70. The lowest BCUT2D eigenvalue weighted by atomic mass is 10.1. The molecule has 0 bridgehead atoms. The van der Waals surface area contributed by atoms with Crippen molar-refractivity contribution in [2.45, 2.75) is 18.6 Å². The average molecular weight is 337 g/mol. The smallest absolute Gasteiger partial charge is 0.337 e. The van der Waals surface area contributed by atoms with Gasteiger partial charge in [0.1, 0.15) is 0 Å². The third kappa shape index (κ3) is 3.09. The van der Waals surface area contributed by atoms with Crippen LogP contribution in [0, 0.1) is 0 Å². The number of amides is 1. The highest BCUT2D eigenvalue weighted by molar-refractivity contribution is 9.10. The predicted octanol–water partition coefficient (Wildman–Crippen LogP) is 2.64. The zero-order chi connectivity index (χ0) is 14.2. The number of likely N-dealkylation sites (tertiary alicyclic amines) is 1. The van der Waals surface area contributed by atoms with E-state index in [1.54, 1.807) is 0 Å². The average Bonchev–Trinajstić information content (AvgIpc) is 2.74. The minimum Gasteiger partial charge on any atom is -0.337 e. The largest absolute Gasteiger partial charge is 0.416 e. The van der Waals surface area contributed by atoms with Gasteiger partial charge in [0.15, 0.2) is 0 Å². The van der Waals surface area contributed by atoms with E-state index >= 15 is 0 Å². The molecule has 1 aromatic carbocycles. The van der Waals surface area contributed by atoms with Gasteiger partial charge in [0.05, 0.1) is 11.1 Å². The molecule has 0 radical (unpaired) electrons. The van der Waals surface area contributed by atoms with Crippen molar-refractivity contribution in [2.24, 2.45) is 5.73 Å². The van der Waals surface area contributed by atoms with Crippen molar-refractivity contribution in [1.82, 2.24) is 4.90 Å². The highest BCUT2D eigenvalue weighted by Gasteiger charge is 2.33. The molecule has 1 heterocycles. The maximum Gasteiger partial charge on any atom is 0.416 e. The normalized spacial score (nSPS) is 19.8. The van der Waals surface area contributed by atoms with Gasteiger partial charge < -0.3 is 10.6 Å². The molecule has 1 aliphatic heterocycles. The van der Waals surface area contributed by atoms with Crippen LogP contribution in [0.25, 0.3) is 0 Å². The molecule has 1 aromatic rings. The lowest BCUT2D eigenvalue weighted by Gasteiger charge is -2.17. The summed E-state index contributed by atoms with van der Waals surface area (Å²) < 4.78 is 38.3. The number of rotatable bonds is 1. The third-order valence-electron chi connectivity index (χ3n) is 3.04. The zero-order valence-corrected chi connectivity index (χ0v) is 11.5. The van der Waals surface area contributed by atoms with E-state index in [1.165, 1.54) is 11.0 Å². The minimum atomic E-state index is -4.46. The number of nitrogens with two attached hydrogens (primary N) is 1. The molecular weight excluding hydrogens is 325 g/mol. The van der Waals surface area contributed by atoms with Gasteiger partial charge in [-0.05, 0) is 40.5 Å². The molecule has 7 heteroatoms. The fourth-order valence-electron chi connectivity index (χ4n) is 2.01. The van der Waals surface area contributed by atoms with Gasteiger partial charge in [0.2, 0.25) is 0 Å². The molecule has 19 heavy (non-hydrogen) atoms. The third-order valence-corrected chi connectivity index (χ3v) is 3.73. The Morgan fingerprint density at radius 1 is 1.42 bits per heavy atom. The molecule has 0 aromatic heterocycles. The van der Waals surface area contributed by atoms with Gasteiger partial charge in [0, 0.05) is 23.6 Å². The SMILES string of the molecule is N[C@@H]1CCN(C(=O)c2cc(C(F)(F)F)ccc2Br)C1. The summed E-state index contributed by atoms with van der Waals surface area (Å²) in [5.74, 6) is -0.425. The molecule has 0 spiro atoms. The topological polar surface area (TPSA) is 46.3 Å². The van der Waals surface area contributed by atoms with E-state index in [-0.39, 0.29) is 11.6 Å². The van der Waals surface area contributed by atoms with Crippen molar-refractivity contribution >= 4 is 21.8 Å². The number of hydrogen-bond acceptors (Lipinski definition) is 2. The highest BCUT2D eigenvalue weighted by Crippen LogP contribution is 2.32. The summed E-state index contributed by atoms with van der Waals surface area (Å²) in [5.41, 5.74) is 4.88. The van der Waals surface area contributed by atoms with Gasteiger partial charge in [-0.2, -0.15) is 13.2 Å². The molecule has 0 aliphatic carbocycles. The maximum atomic E-state index is 12.6. The summed E-state index contributed by atoms with van der Waals surface area (Å²) in [6, 6.07) is 2.95. The first-order valence-corrected chi connectivity index (χ1v) is 6.50. The summed E-state index contributed by atoms with van der Waals surface area (Å²) in [7, 11) is 0. The second-order valence-electron chi connectivity index (χ2n) is 4.49. The minimum absolute atomic E-state index is 0.0175. The summed E-state index contributed by atoms with van der Waals surface area (Å²) in [5, 5.41) is 0. The second kappa shape index (κ2) is 5.13. The van der Waals surface area contributed by atoms with Crippen LogP contribution in [0.1, 0.15) is 22.3 Å². The van der Waals surface area contributed by atoms with Gasteiger partial charge in [-0.15, -0.1) is 0 Å². The number of hydrogen-bond donors (Lipinski definition) is 1. The molecule has 2 rings (SSSR count). The number of benzene rings is 1. The van der Waals surface area contributed by atoms with E-state index in [9.17, 15) is 18.0 Å². The number of halogens is 4. The Morgan fingerprint density at radius 2 is 2.11 bits per heavy atom. The van der Waals surface area contributed by atoms with Gasteiger partial charge in [0.25, 0.3) is 5.91 Å². The Bertz CT molecular complexity index is 504.